The fraction of sp³-hybridized carbons (Fsp3) is 0.278. The van der Waals surface area contributed by atoms with Gasteiger partial charge in [-0.3, -0.25) is 4.90 Å². The van der Waals surface area contributed by atoms with Gasteiger partial charge < -0.3 is 4.40 Å². The predicted molar refractivity (Wildman–Crippen MR) is 94.6 cm³/mol. The first kappa shape index (κ1) is 16.7. The van der Waals surface area contributed by atoms with E-state index in [4.69, 9.17) is 0 Å². The smallest absolute Gasteiger partial charge is 0.175 e. The van der Waals surface area contributed by atoms with Gasteiger partial charge in [0, 0.05) is 31.2 Å². The van der Waals surface area contributed by atoms with Crippen LogP contribution < -0.4 is 0 Å². The molecule has 6 heteroatoms. The second-order valence-corrected chi connectivity index (χ2v) is 8.15. The maximum absolute atomic E-state index is 11.6. The van der Waals surface area contributed by atoms with Crippen molar-refractivity contribution < 1.29 is 8.42 Å². The maximum atomic E-state index is 11.6. The number of sulfone groups is 1. The van der Waals surface area contributed by atoms with E-state index in [0.29, 0.717) is 4.90 Å². The Balaban J connectivity index is 1.75. The van der Waals surface area contributed by atoms with E-state index in [-0.39, 0.29) is 6.04 Å². The first-order valence-corrected chi connectivity index (χ1v) is 9.66. The Labute approximate surface area is 142 Å². The van der Waals surface area contributed by atoms with Gasteiger partial charge in [-0.15, -0.1) is 0 Å². The first-order chi connectivity index (χ1) is 11.3. The van der Waals surface area contributed by atoms with Crippen LogP contribution in [0.3, 0.4) is 0 Å². The van der Waals surface area contributed by atoms with Crippen LogP contribution in [0.25, 0.3) is 5.65 Å². The van der Waals surface area contributed by atoms with Crippen LogP contribution in [-0.4, -0.2) is 36.0 Å². The number of pyridine rings is 1. The van der Waals surface area contributed by atoms with Crippen LogP contribution in [0.2, 0.25) is 0 Å². The topological polar surface area (TPSA) is 54.7 Å². The molecular formula is C18H21N3O2S. The summed E-state index contributed by atoms with van der Waals surface area (Å²) in [6.45, 7) is 2.82. The highest BCUT2D eigenvalue weighted by Gasteiger charge is 2.15. The Bertz CT molecular complexity index is 913. The maximum Gasteiger partial charge on any atom is 0.175 e. The highest BCUT2D eigenvalue weighted by molar-refractivity contribution is 7.90. The first-order valence-electron chi connectivity index (χ1n) is 7.77. The minimum Gasteiger partial charge on any atom is -0.307 e. The quantitative estimate of drug-likeness (QED) is 0.715. The van der Waals surface area contributed by atoms with Crippen LogP contribution in [0.5, 0.6) is 0 Å². The molecule has 0 radical (unpaired) electrons. The number of fused-ring (bicyclic) bond motifs is 1. The summed E-state index contributed by atoms with van der Waals surface area (Å²) in [6, 6.07) is 13.2. The van der Waals surface area contributed by atoms with Gasteiger partial charge >= 0.3 is 0 Å². The van der Waals surface area contributed by atoms with E-state index in [1.165, 1.54) is 6.26 Å². The molecule has 126 valence electrons. The molecular weight excluding hydrogens is 322 g/mol. The molecule has 0 amide bonds. The second-order valence-electron chi connectivity index (χ2n) is 6.13. The molecule has 2 aromatic heterocycles. The van der Waals surface area contributed by atoms with Crippen molar-refractivity contribution >= 4 is 15.5 Å². The molecule has 0 bridgehead atoms. The molecule has 1 aromatic carbocycles. The third-order valence-electron chi connectivity index (χ3n) is 4.28. The molecule has 24 heavy (non-hydrogen) atoms. The zero-order valence-corrected chi connectivity index (χ0v) is 14.9. The van der Waals surface area contributed by atoms with Gasteiger partial charge in [0.1, 0.15) is 5.65 Å². The predicted octanol–water partition coefficient (Wildman–Crippen LogP) is 2.93. The van der Waals surface area contributed by atoms with Crippen molar-refractivity contribution in [3.8, 4) is 0 Å². The lowest BCUT2D eigenvalue weighted by Crippen LogP contribution is -2.22. The van der Waals surface area contributed by atoms with Crippen LogP contribution in [0.15, 0.2) is 59.8 Å². The van der Waals surface area contributed by atoms with Crippen LogP contribution in [0.4, 0.5) is 0 Å². The Hall–Kier alpha value is -2.18. The van der Waals surface area contributed by atoms with Crippen LogP contribution >= 0.6 is 0 Å². The van der Waals surface area contributed by atoms with Gasteiger partial charge in [0.2, 0.25) is 0 Å². The van der Waals surface area contributed by atoms with Crippen molar-refractivity contribution in [2.75, 3.05) is 13.3 Å². The minimum atomic E-state index is -3.16. The van der Waals surface area contributed by atoms with Crippen molar-refractivity contribution in [3.63, 3.8) is 0 Å². The highest BCUT2D eigenvalue weighted by Crippen LogP contribution is 2.22. The van der Waals surface area contributed by atoms with Crippen molar-refractivity contribution in [2.24, 2.45) is 0 Å². The van der Waals surface area contributed by atoms with Crippen LogP contribution in [0.1, 0.15) is 24.2 Å². The fourth-order valence-corrected chi connectivity index (χ4v) is 3.33. The summed E-state index contributed by atoms with van der Waals surface area (Å²) in [5.41, 5.74) is 3.02. The summed E-state index contributed by atoms with van der Waals surface area (Å²) < 4.78 is 25.1. The van der Waals surface area contributed by atoms with Crippen molar-refractivity contribution in [1.82, 2.24) is 14.3 Å². The molecule has 0 aliphatic rings. The molecule has 0 fully saturated rings. The van der Waals surface area contributed by atoms with E-state index in [0.717, 1.165) is 23.4 Å². The summed E-state index contributed by atoms with van der Waals surface area (Å²) >= 11 is 0. The van der Waals surface area contributed by atoms with Crippen LogP contribution in [-0.2, 0) is 16.4 Å². The molecule has 0 aliphatic carbocycles. The van der Waals surface area contributed by atoms with E-state index in [1.807, 2.05) is 54.2 Å². The normalized spacial score (nSPS) is 13.5. The average molecular weight is 343 g/mol. The molecule has 3 aromatic rings. The second kappa shape index (κ2) is 6.37. The SMILES string of the molecule is C[C@H](c1ccc(S(C)(=O)=O)cc1)N(C)Cc1cn2ccccc2n1. The minimum absolute atomic E-state index is 0.156. The van der Waals surface area contributed by atoms with Crippen molar-refractivity contribution in [2.45, 2.75) is 24.4 Å². The molecule has 0 saturated carbocycles. The van der Waals surface area contributed by atoms with E-state index in [1.54, 1.807) is 12.1 Å². The number of aromatic nitrogens is 2. The zero-order chi connectivity index (χ0) is 17.3. The van der Waals surface area contributed by atoms with E-state index in [2.05, 4.69) is 16.8 Å². The number of benzene rings is 1. The zero-order valence-electron chi connectivity index (χ0n) is 14.0. The van der Waals surface area contributed by atoms with Crippen molar-refractivity contribution in [1.29, 1.82) is 0 Å². The third-order valence-corrected chi connectivity index (χ3v) is 5.41. The lowest BCUT2D eigenvalue weighted by atomic mass is 10.1. The largest absolute Gasteiger partial charge is 0.307 e. The van der Waals surface area contributed by atoms with Gasteiger partial charge in [0.15, 0.2) is 9.84 Å². The molecule has 0 unspecified atom stereocenters. The Morgan fingerprint density at radius 2 is 1.88 bits per heavy atom. The van der Waals surface area contributed by atoms with Gasteiger partial charge in [0.25, 0.3) is 0 Å². The van der Waals surface area contributed by atoms with Crippen LogP contribution in [0, 0.1) is 0 Å². The highest BCUT2D eigenvalue weighted by atomic mass is 32.2. The monoisotopic (exact) mass is 343 g/mol. The molecule has 2 heterocycles. The van der Waals surface area contributed by atoms with E-state index in [9.17, 15) is 8.42 Å². The van der Waals surface area contributed by atoms with E-state index < -0.39 is 9.84 Å². The summed E-state index contributed by atoms with van der Waals surface area (Å²) in [5, 5.41) is 0. The number of nitrogens with zero attached hydrogens (tertiary/aromatic N) is 3. The Kier molecular flexibility index (Phi) is 4.43. The number of hydrogen-bond acceptors (Lipinski definition) is 4. The lowest BCUT2D eigenvalue weighted by molar-refractivity contribution is 0.250. The Morgan fingerprint density at radius 3 is 2.50 bits per heavy atom. The molecule has 0 saturated heterocycles. The van der Waals surface area contributed by atoms with Gasteiger partial charge in [-0.2, -0.15) is 0 Å². The number of rotatable bonds is 5. The fourth-order valence-electron chi connectivity index (χ4n) is 2.70. The Morgan fingerprint density at radius 1 is 1.17 bits per heavy atom. The summed E-state index contributed by atoms with van der Waals surface area (Å²) in [6.07, 6.45) is 5.24. The summed E-state index contributed by atoms with van der Waals surface area (Å²) in [4.78, 5) is 7.16. The molecule has 0 N–H and O–H groups in total. The number of imidazole rings is 1. The third kappa shape index (κ3) is 3.49. The van der Waals surface area contributed by atoms with Gasteiger partial charge in [-0.25, -0.2) is 13.4 Å². The van der Waals surface area contributed by atoms with Crippen molar-refractivity contribution in [3.05, 3.63) is 66.1 Å². The van der Waals surface area contributed by atoms with Gasteiger partial charge in [0.05, 0.1) is 10.6 Å². The standard InChI is InChI=1S/C18H21N3O2S/c1-14(15-7-9-17(10-8-15)24(3,22)23)20(2)12-16-13-21-11-5-4-6-18(21)19-16/h4-11,13-14H,12H2,1-3H3/t14-/m1/s1. The number of hydrogen-bond donors (Lipinski definition) is 0. The summed E-state index contributed by atoms with van der Waals surface area (Å²) in [7, 11) is -1.11. The van der Waals surface area contributed by atoms with Gasteiger partial charge in [-0.05, 0) is 43.8 Å². The van der Waals surface area contributed by atoms with E-state index >= 15 is 0 Å². The molecule has 1 atom stereocenters. The lowest BCUT2D eigenvalue weighted by Gasteiger charge is -2.24. The summed E-state index contributed by atoms with van der Waals surface area (Å²) in [5.74, 6) is 0. The van der Waals surface area contributed by atoms with Gasteiger partial charge in [-0.1, -0.05) is 18.2 Å². The molecule has 0 aliphatic heterocycles. The average Bonchev–Trinajstić information content (AvgIpc) is 2.95. The molecule has 5 nitrogen and oxygen atoms in total. The molecule has 3 rings (SSSR count). The molecule has 0 spiro atoms.